The molecule has 15 heavy (non-hydrogen) atoms. The fourth-order valence-electron chi connectivity index (χ4n) is 2.93. The first-order valence-electron chi connectivity index (χ1n) is 6.28. The minimum atomic E-state index is 0.155. The largest absolute Gasteiger partial charge is 0.377 e. The molecule has 0 aromatic rings. The van der Waals surface area contributed by atoms with E-state index in [4.69, 9.17) is 10.5 Å². The van der Waals surface area contributed by atoms with Crippen LogP contribution in [0.15, 0.2) is 0 Å². The monoisotopic (exact) mass is 212 g/mol. The maximum atomic E-state index is 5.77. The second-order valence-corrected chi connectivity index (χ2v) is 5.15. The van der Waals surface area contributed by atoms with Gasteiger partial charge in [-0.3, -0.25) is 0 Å². The molecule has 2 aliphatic rings. The highest BCUT2D eigenvalue weighted by molar-refractivity contribution is 4.94. The zero-order valence-corrected chi connectivity index (χ0v) is 9.80. The molecule has 2 unspecified atom stereocenters. The number of methoxy groups -OCH3 is 1. The maximum absolute atomic E-state index is 5.77. The lowest BCUT2D eigenvalue weighted by atomic mass is 9.79. The SMILES string of the molecule is COC1(CNC2CCCC2CN)CCC1. The Morgan fingerprint density at radius 2 is 2.13 bits per heavy atom. The molecule has 2 fully saturated rings. The third kappa shape index (κ3) is 2.35. The number of hydrogen-bond donors (Lipinski definition) is 2. The Labute approximate surface area is 92.7 Å². The molecule has 88 valence electrons. The second kappa shape index (κ2) is 4.81. The number of ether oxygens (including phenoxy) is 1. The van der Waals surface area contributed by atoms with E-state index in [-0.39, 0.29) is 5.60 Å². The van der Waals surface area contributed by atoms with Crippen molar-refractivity contribution < 1.29 is 4.74 Å². The van der Waals surface area contributed by atoms with Crippen molar-refractivity contribution in [2.45, 2.75) is 50.2 Å². The van der Waals surface area contributed by atoms with Gasteiger partial charge in [-0.05, 0) is 44.6 Å². The molecular weight excluding hydrogens is 188 g/mol. The van der Waals surface area contributed by atoms with Crippen LogP contribution in [0.25, 0.3) is 0 Å². The third-order valence-electron chi connectivity index (χ3n) is 4.35. The van der Waals surface area contributed by atoms with Gasteiger partial charge in [0.2, 0.25) is 0 Å². The molecule has 2 atom stereocenters. The predicted octanol–water partition coefficient (Wildman–Crippen LogP) is 1.27. The normalized spacial score (nSPS) is 34.0. The van der Waals surface area contributed by atoms with Crippen LogP contribution in [0.2, 0.25) is 0 Å². The highest BCUT2D eigenvalue weighted by Gasteiger charge is 2.38. The fraction of sp³-hybridized carbons (Fsp3) is 1.00. The van der Waals surface area contributed by atoms with Gasteiger partial charge in [0.25, 0.3) is 0 Å². The summed E-state index contributed by atoms with van der Waals surface area (Å²) in [6.07, 6.45) is 7.68. The van der Waals surface area contributed by atoms with E-state index in [0.29, 0.717) is 12.0 Å². The van der Waals surface area contributed by atoms with Gasteiger partial charge in [-0.25, -0.2) is 0 Å². The van der Waals surface area contributed by atoms with Crippen LogP contribution in [0, 0.1) is 5.92 Å². The summed E-state index contributed by atoms with van der Waals surface area (Å²) in [5.74, 6) is 0.694. The Morgan fingerprint density at radius 3 is 2.67 bits per heavy atom. The molecular formula is C12H24N2O. The van der Waals surface area contributed by atoms with Crippen LogP contribution in [-0.4, -0.2) is 31.8 Å². The molecule has 3 heteroatoms. The van der Waals surface area contributed by atoms with Crippen molar-refractivity contribution in [1.29, 1.82) is 0 Å². The molecule has 2 aliphatic carbocycles. The molecule has 3 nitrogen and oxygen atoms in total. The smallest absolute Gasteiger partial charge is 0.0802 e. The zero-order chi connectivity index (χ0) is 10.7. The third-order valence-corrected chi connectivity index (χ3v) is 4.35. The molecule has 2 rings (SSSR count). The summed E-state index contributed by atoms with van der Waals surface area (Å²) in [4.78, 5) is 0. The Balaban J connectivity index is 1.77. The average Bonchev–Trinajstić information content (AvgIpc) is 2.64. The van der Waals surface area contributed by atoms with Gasteiger partial charge >= 0.3 is 0 Å². The Kier molecular flexibility index (Phi) is 3.65. The maximum Gasteiger partial charge on any atom is 0.0802 e. The van der Waals surface area contributed by atoms with Gasteiger partial charge in [0.05, 0.1) is 5.60 Å². The van der Waals surface area contributed by atoms with Crippen molar-refractivity contribution in [3.05, 3.63) is 0 Å². The standard InChI is InChI=1S/C12H24N2O/c1-15-12(6-3-7-12)9-14-11-5-2-4-10(11)8-13/h10-11,14H,2-9,13H2,1H3. The number of rotatable bonds is 5. The van der Waals surface area contributed by atoms with E-state index < -0.39 is 0 Å². The number of nitrogens with two attached hydrogens (primary N) is 1. The van der Waals surface area contributed by atoms with Gasteiger partial charge < -0.3 is 15.8 Å². The van der Waals surface area contributed by atoms with E-state index >= 15 is 0 Å². The van der Waals surface area contributed by atoms with E-state index in [1.54, 1.807) is 0 Å². The summed E-state index contributed by atoms with van der Waals surface area (Å²) in [6.45, 7) is 1.85. The van der Waals surface area contributed by atoms with E-state index in [9.17, 15) is 0 Å². The summed E-state index contributed by atoms with van der Waals surface area (Å²) in [6, 6.07) is 0.641. The Morgan fingerprint density at radius 1 is 1.33 bits per heavy atom. The van der Waals surface area contributed by atoms with Crippen LogP contribution in [0.4, 0.5) is 0 Å². The van der Waals surface area contributed by atoms with Gasteiger partial charge in [-0.2, -0.15) is 0 Å². The molecule has 0 bridgehead atoms. The lowest BCUT2D eigenvalue weighted by Crippen LogP contribution is -2.51. The first-order chi connectivity index (χ1) is 7.29. The molecule has 0 amide bonds. The summed E-state index contributed by atoms with van der Waals surface area (Å²) >= 11 is 0. The quantitative estimate of drug-likeness (QED) is 0.721. The van der Waals surface area contributed by atoms with Crippen LogP contribution in [0.1, 0.15) is 38.5 Å². The van der Waals surface area contributed by atoms with Gasteiger partial charge in [-0.1, -0.05) is 6.42 Å². The molecule has 0 aromatic heterocycles. The van der Waals surface area contributed by atoms with Crippen molar-refractivity contribution in [2.24, 2.45) is 11.7 Å². The number of nitrogens with one attached hydrogen (secondary N) is 1. The molecule has 0 spiro atoms. The van der Waals surface area contributed by atoms with Crippen molar-refractivity contribution in [1.82, 2.24) is 5.32 Å². The molecule has 0 heterocycles. The Hall–Kier alpha value is -0.120. The van der Waals surface area contributed by atoms with Crippen molar-refractivity contribution in [2.75, 3.05) is 20.2 Å². The van der Waals surface area contributed by atoms with E-state index in [0.717, 1.165) is 13.1 Å². The molecule has 2 saturated carbocycles. The van der Waals surface area contributed by atoms with Crippen molar-refractivity contribution in [3.63, 3.8) is 0 Å². The van der Waals surface area contributed by atoms with Crippen LogP contribution >= 0.6 is 0 Å². The molecule has 0 aromatic carbocycles. The van der Waals surface area contributed by atoms with Gasteiger partial charge in [0.1, 0.15) is 0 Å². The molecule has 0 radical (unpaired) electrons. The van der Waals surface area contributed by atoms with Crippen molar-refractivity contribution in [3.8, 4) is 0 Å². The first-order valence-corrected chi connectivity index (χ1v) is 6.28. The summed E-state index contributed by atoms with van der Waals surface area (Å²) < 4.78 is 5.61. The predicted molar refractivity (Wildman–Crippen MR) is 61.8 cm³/mol. The topological polar surface area (TPSA) is 47.3 Å². The van der Waals surface area contributed by atoms with E-state index in [2.05, 4.69) is 5.32 Å². The molecule has 0 aliphatic heterocycles. The van der Waals surface area contributed by atoms with Crippen LogP contribution < -0.4 is 11.1 Å². The Bertz CT molecular complexity index is 198. The van der Waals surface area contributed by atoms with Gasteiger partial charge in [0, 0.05) is 19.7 Å². The number of hydrogen-bond acceptors (Lipinski definition) is 3. The lowest BCUT2D eigenvalue weighted by Gasteiger charge is -2.41. The summed E-state index contributed by atoms with van der Waals surface area (Å²) in [7, 11) is 1.84. The van der Waals surface area contributed by atoms with Crippen LogP contribution in [0.3, 0.4) is 0 Å². The second-order valence-electron chi connectivity index (χ2n) is 5.15. The van der Waals surface area contributed by atoms with E-state index in [1.165, 1.54) is 38.5 Å². The van der Waals surface area contributed by atoms with Crippen molar-refractivity contribution >= 4 is 0 Å². The molecule has 3 N–H and O–H groups in total. The fourth-order valence-corrected chi connectivity index (χ4v) is 2.93. The summed E-state index contributed by atoms with van der Waals surface area (Å²) in [5, 5.41) is 3.67. The van der Waals surface area contributed by atoms with Crippen LogP contribution in [-0.2, 0) is 4.74 Å². The minimum absolute atomic E-state index is 0.155. The average molecular weight is 212 g/mol. The van der Waals surface area contributed by atoms with Gasteiger partial charge in [-0.15, -0.1) is 0 Å². The van der Waals surface area contributed by atoms with Gasteiger partial charge in [0.15, 0.2) is 0 Å². The highest BCUT2D eigenvalue weighted by atomic mass is 16.5. The minimum Gasteiger partial charge on any atom is -0.377 e. The zero-order valence-electron chi connectivity index (χ0n) is 9.80. The first kappa shape index (κ1) is 11.4. The lowest BCUT2D eigenvalue weighted by molar-refractivity contribution is -0.0713. The molecule has 0 saturated heterocycles. The van der Waals surface area contributed by atoms with Crippen LogP contribution in [0.5, 0.6) is 0 Å². The highest BCUT2D eigenvalue weighted by Crippen LogP contribution is 2.35. The summed E-state index contributed by atoms with van der Waals surface area (Å²) in [5.41, 5.74) is 5.93. The van der Waals surface area contributed by atoms with E-state index in [1.807, 2.05) is 7.11 Å².